The van der Waals surface area contributed by atoms with E-state index in [1.54, 1.807) is 6.07 Å². The van der Waals surface area contributed by atoms with E-state index < -0.39 is 0 Å². The summed E-state index contributed by atoms with van der Waals surface area (Å²) in [7, 11) is 0. The van der Waals surface area contributed by atoms with Crippen LogP contribution < -0.4 is 20.7 Å². The first kappa shape index (κ1) is 23.0. The second kappa shape index (κ2) is 13.8. The van der Waals surface area contributed by atoms with Gasteiger partial charge in [-0.15, -0.1) is 0 Å². The van der Waals surface area contributed by atoms with E-state index in [2.05, 4.69) is 20.9 Å². The SMILES string of the molecule is CCNC(=NCCCOCC1CCOC1)NCCOc1cccc(NC(C)=O)c1. The van der Waals surface area contributed by atoms with Crippen LogP contribution in [0.1, 0.15) is 26.7 Å². The predicted molar refractivity (Wildman–Crippen MR) is 115 cm³/mol. The van der Waals surface area contributed by atoms with Gasteiger partial charge in [-0.3, -0.25) is 9.79 Å². The van der Waals surface area contributed by atoms with Crippen molar-refractivity contribution >= 4 is 17.6 Å². The summed E-state index contributed by atoms with van der Waals surface area (Å²) in [6.07, 6.45) is 1.99. The Bertz CT molecular complexity index is 633. The lowest BCUT2D eigenvalue weighted by Gasteiger charge is -2.13. The van der Waals surface area contributed by atoms with E-state index in [4.69, 9.17) is 14.2 Å². The normalized spacial score (nSPS) is 16.5. The number of aliphatic imine (C=N–C) groups is 1. The van der Waals surface area contributed by atoms with Crippen LogP contribution in [-0.4, -0.2) is 64.5 Å². The van der Waals surface area contributed by atoms with Crippen molar-refractivity contribution in [1.29, 1.82) is 0 Å². The third-order valence-electron chi connectivity index (χ3n) is 4.26. The highest BCUT2D eigenvalue weighted by molar-refractivity contribution is 5.88. The molecule has 0 radical (unpaired) electrons. The number of nitrogens with one attached hydrogen (secondary N) is 3. The highest BCUT2D eigenvalue weighted by Crippen LogP contribution is 2.17. The first-order valence-electron chi connectivity index (χ1n) is 10.4. The molecule has 0 bridgehead atoms. The minimum absolute atomic E-state index is 0.103. The highest BCUT2D eigenvalue weighted by Gasteiger charge is 2.15. The Labute approximate surface area is 173 Å². The van der Waals surface area contributed by atoms with Gasteiger partial charge >= 0.3 is 0 Å². The van der Waals surface area contributed by atoms with Gasteiger partial charge in [0, 0.05) is 50.9 Å². The zero-order valence-corrected chi connectivity index (χ0v) is 17.5. The lowest BCUT2D eigenvalue weighted by atomic mass is 10.1. The number of rotatable bonds is 12. The molecule has 1 fully saturated rings. The molecule has 1 atom stereocenters. The third-order valence-corrected chi connectivity index (χ3v) is 4.26. The van der Waals surface area contributed by atoms with Crippen molar-refractivity contribution in [3.05, 3.63) is 24.3 Å². The fourth-order valence-corrected chi connectivity index (χ4v) is 2.87. The maximum absolute atomic E-state index is 11.1. The number of hydrogen-bond donors (Lipinski definition) is 3. The zero-order chi connectivity index (χ0) is 20.7. The number of hydrogen-bond acceptors (Lipinski definition) is 5. The molecule has 1 aliphatic rings. The van der Waals surface area contributed by atoms with Gasteiger partial charge in [0.05, 0.1) is 19.8 Å². The summed E-state index contributed by atoms with van der Waals surface area (Å²) < 4.78 is 16.8. The van der Waals surface area contributed by atoms with Crippen LogP contribution in [0.4, 0.5) is 5.69 Å². The number of benzene rings is 1. The van der Waals surface area contributed by atoms with Gasteiger partial charge in [0.25, 0.3) is 0 Å². The molecule has 29 heavy (non-hydrogen) atoms. The number of anilines is 1. The molecule has 1 saturated heterocycles. The van der Waals surface area contributed by atoms with Crippen molar-refractivity contribution < 1.29 is 19.0 Å². The van der Waals surface area contributed by atoms with Crippen molar-refractivity contribution in [3.8, 4) is 5.75 Å². The van der Waals surface area contributed by atoms with Crippen molar-refractivity contribution in [3.63, 3.8) is 0 Å². The highest BCUT2D eigenvalue weighted by atomic mass is 16.5. The lowest BCUT2D eigenvalue weighted by molar-refractivity contribution is -0.114. The first-order valence-corrected chi connectivity index (χ1v) is 10.4. The maximum Gasteiger partial charge on any atom is 0.221 e. The number of guanidine groups is 1. The van der Waals surface area contributed by atoms with Gasteiger partial charge in [0.2, 0.25) is 5.91 Å². The van der Waals surface area contributed by atoms with Crippen molar-refractivity contribution in [2.24, 2.45) is 10.9 Å². The minimum atomic E-state index is -0.103. The van der Waals surface area contributed by atoms with Crippen LogP contribution in [-0.2, 0) is 14.3 Å². The van der Waals surface area contributed by atoms with Gasteiger partial charge in [-0.2, -0.15) is 0 Å². The van der Waals surface area contributed by atoms with Crippen molar-refractivity contribution in [2.75, 3.05) is 58.0 Å². The van der Waals surface area contributed by atoms with Crippen LogP contribution in [0.2, 0.25) is 0 Å². The Balaban J connectivity index is 1.61. The molecule has 0 aromatic heterocycles. The summed E-state index contributed by atoms with van der Waals surface area (Å²) in [6, 6.07) is 7.34. The van der Waals surface area contributed by atoms with Crippen LogP contribution in [0, 0.1) is 5.92 Å². The number of nitrogens with zero attached hydrogens (tertiary/aromatic N) is 1. The van der Waals surface area contributed by atoms with Crippen LogP contribution >= 0.6 is 0 Å². The largest absolute Gasteiger partial charge is 0.492 e. The monoisotopic (exact) mass is 406 g/mol. The Morgan fingerprint density at radius 2 is 2.21 bits per heavy atom. The number of carbonyl (C=O) groups excluding carboxylic acids is 1. The van der Waals surface area contributed by atoms with Crippen molar-refractivity contribution in [1.82, 2.24) is 10.6 Å². The molecule has 1 aromatic carbocycles. The summed E-state index contributed by atoms with van der Waals surface area (Å²) >= 11 is 0. The smallest absolute Gasteiger partial charge is 0.221 e. The Hall–Kier alpha value is -2.32. The molecule has 0 saturated carbocycles. The molecule has 1 heterocycles. The Kier molecular flexibility index (Phi) is 10.9. The minimum Gasteiger partial charge on any atom is -0.492 e. The van der Waals surface area contributed by atoms with E-state index in [0.29, 0.717) is 38.0 Å². The van der Waals surface area contributed by atoms with Gasteiger partial charge < -0.3 is 30.2 Å². The summed E-state index contributed by atoms with van der Waals surface area (Å²) in [4.78, 5) is 15.7. The lowest BCUT2D eigenvalue weighted by Crippen LogP contribution is -2.39. The van der Waals surface area contributed by atoms with Gasteiger partial charge in [-0.05, 0) is 31.9 Å². The molecule has 8 heteroatoms. The van der Waals surface area contributed by atoms with Crippen LogP contribution in [0.3, 0.4) is 0 Å². The molecular weight excluding hydrogens is 372 g/mol. The maximum atomic E-state index is 11.1. The summed E-state index contributed by atoms with van der Waals surface area (Å²) in [6.45, 7) is 9.31. The topological polar surface area (TPSA) is 93.2 Å². The molecule has 1 aliphatic heterocycles. The second-order valence-corrected chi connectivity index (χ2v) is 6.90. The second-order valence-electron chi connectivity index (χ2n) is 6.90. The summed E-state index contributed by atoms with van der Waals surface area (Å²) in [5, 5.41) is 9.23. The fraction of sp³-hybridized carbons (Fsp3) is 0.619. The van der Waals surface area contributed by atoms with E-state index in [0.717, 1.165) is 50.9 Å². The third kappa shape index (κ3) is 10.1. The number of amides is 1. The molecule has 8 nitrogen and oxygen atoms in total. The average molecular weight is 407 g/mol. The van der Waals surface area contributed by atoms with Crippen LogP contribution in [0.15, 0.2) is 29.3 Å². The Morgan fingerprint density at radius 3 is 2.97 bits per heavy atom. The van der Waals surface area contributed by atoms with Gasteiger partial charge in [0.1, 0.15) is 12.4 Å². The van der Waals surface area contributed by atoms with Crippen LogP contribution in [0.5, 0.6) is 5.75 Å². The summed E-state index contributed by atoms with van der Waals surface area (Å²) in [5.74, 6) is 1.93. The molecule has 0 aliphatic carbocycles. The number of ether oxygens (including phenoxy) is 3. The van der Waals surface area contributed by atoms with Gasteiger partial charge in [0.15, 0.2) is 5.96 Å². The van der Waals surface area contributed by atoms with E-state index in [1.165, 1.54) is 6.92 Å². The van der Waals surface area contributed by atoms with E-state index in [1.807, 2.05) is 25.1 Å². The zero-order valence-electron chi connectivity index (χ0n) is 17.5. The summed E-state index contributed by atoms with van der Waals surface area (Å²) in [5.41, 5.74) is 0.723. The molecule has 3 N–H and O–H groups in total. The van der Waals surface area contributed by atoms with Gasteiger partial charge in [-0.1, -0.05) is 6.07 Å². The molecular formula is C21H34N4O4. The average Bonchev–Trinajstić information content (AvgIpc) is 3.21. The quantitative estimate of drug-likeness (QED) is 0.279. The first-order chi connectivity index (χ1) is 14.2. The molecule has 1 aromatic rings. The van der Waals surface area contributed by atoms with Gasteiger partial charge in [-0.25, -0.2) is 0 Å². The molecule has 162 valence electrons. The molecule has 1 unspecified atom stereocenters. The number of carbonyl (C=O) groups is 1. The van der Waals surface area contributed by atoms with E-state index in [-0.39, 0.29) is 5.91 Å². The van der Waals surface area contributed by atoms with Crippen LogP contribution in [0.25, 0.3) is 0 Å². The molecule has 2 rings (SSSR count). The molecule has 0 spiro atoms. The fourth-order valence-electron chi connectivity index (χ4n) is 2.87. The van der Waals surface area contributed by atoms with E-state index in [9.17, 15) is 4.79 Å². The standard InChI is InChI=1S/C21H34N4O4/c1-3-22-21(23-9-5-11-27-15-18-8-12-28-16-18)24-10-13-29-20-7-4-6-19(14-20)25-17(2)26/h4,6-7,14,18H,3,5,8-13,15-16H2,1-2H3,(H,25,26)(H2,22,23,24). The predicted octanol–water partition coefficient (Wildman–Crippen LogP) is 2.02. The van der Waals surface area contributed by atoms with E-state index >= 15 is 0 Å². The molecule has 1 amide bonds. The van der Waals surface area contributed by atoms with Crippen molar-refractivity contribution in [2.45, 2.75) is 26.7 Å². The Morgan fingerprint density at radius 1 is 1.31 bits per heavy atom.